The van der Waals surface area contributed by atoms with Gasteiger partial charge < -0.3 is 10.2 Å². The molecule has 1 aliphatic rings. The van der Waals surface area contributed by atoms with Gasteiger partial charge in [-0.05, 0) is 24.2 Å². The Kier molecular flexibility index (Phi) is 2.26. The molecule has 3 unspecified atom stereocenters. The molecule has 2 N–H and O–H groups in total. The Morgan fingerprint density at radius 1 is 1.27 bits per heavy atom. The topological polar surface area (TPSA) is 40.5 Å². The summed E-state index contributed by atoms with van der Waals surface area (Å²) in [5, 5.41) is 19.1. The lowest BCUT2D eigenvalue weighted by Crippen LogP contribution is -2.43. The van der Waals surface area contributed by atoms with Crippen molar-refractivity contribution in [2.24, 2.45) is 11.3 Å². The fraction of sp³-hybridized carbons (Fsp3) is 1.00. The summed E-state index contributed by atoms with van der Waals surface area (Å²) in [5.74, 6) is 0.230. The van der Waals surface area contributed by atoms with Gasteiger partial charge in [0.05, 0.1) is 12.2 Å². The van der Waals surface area contributed by atoms with Crippen LogP contribution in [-0.4, -0.2) is 22.4 Å². The van der Waals surface area contributed by atoms with Gasteiger partial charge in [0.2, 0.25) is 0 Å². The van der Waals surface area contributed by atoms with Gasteiger partial charge in [-0.1, -0.05) is 20.8 Å². The molecule has 0 aromatic heterocycles. The van der Waals surface area contributed by atoms with E-state index in [1.54, 1.807) is 0 Å². The van der Waals surface area contributed by atoms with Gasteiger partial charge >= 0.3 is 0 Å². The summed E-state index contributed by atoms with van der Waals surface area (Å²) < 4.78 is 0. The molecule has 0 aliphatic heterocycles. The number of aliphatic hydroxyl groups is 2. The smallest absolute Gasteiger partial charge is 0.0618 e. The second-order valence-electron chi connectivity index (χ2n) is 4.50. The molecule has 2 heteroatoms. The molecule has 0 heterocycles. The van der Waals surface area contributed by atoms with Crippen LogP contribution in [-0.2, 0) is 0 Å². The van der Waals surface area contributed by atoms with Gasteiger partial charge in [-0.3, -0.25) is 0 Å². The summed E-state index contributed by atoms with van der Waals surface area (Å²) in [7, 11) is 0. The molecule has 1 aliphatic carbocycles. The lowest BCUT2D eigenvalue weighted by molar-refractivity contribution is -0.0727. The highest BCUT2D eigenvalue weighted by Crippen LogP contribution is 2.38. The summed E-state index contributed by atoms with van der Waals surface area (Å²) in [6, 6.07) is 0. The zero-order valence-electron chi connectivity index (χ0n) is 7.54. The predicted molar refractivity (Wildman–Crippen MR) is 44.2 cm³/mol. The second kappa shape index (κ2) is 2.76. The van der Waals surface area contributed by atoms with Gasteiger partial charge in [-0.25, -0.2) is 0 Å². The fourth-order valence-corrected chi connectivity index (χ4v) is 2.14. The van der Waals surface area contributed by atoms with Gasteiger partial charge in [-0.2, -0.15) is 0 Å². The third-order valence-corrected chi connectivity index (χ3v) is 2.75. The van der Waals surface area contributed by atoms with E-state index in [1.807, 2.05) is 20.8 Å². The highest BCUT2D eigenvalue weighted by molar-refractivity contribution is 4.89. The molecule has 1 saturated carbocycles. The molecule has 66 valence electrons. The van der Waals surface area contributed by atoms with Crippen LogP contribution < -0.4 is 0 Å². The van der Waals surface area contributed by atoms with E-state index in [9.17, 15) is 10.2 Å². The van der Waals surface area contributed by atoms with Gasteiger partial charge in [0.25, 0.3) is 0 Å². The molecule has 11 heavy (non-hydrogen) atoms. The Hall–Kier alpha value is -0.0800. The minimum absolute atomic E-state index is 0.114. The van der Waals surface area contributed by atoms with E-state index in [0.717, 1.165) is 12.8 Å². The minimum Gasteiger partial charge on any atom is -0.393 e. The van der Waals surface area contributed by atoms with Crippen LogP contribution in [0.25, 0.3) is 0 Å². The van der Waals surface area contributed by atoms with Gasteiger partial charge in [-0.15, -0.1) is 0 Å². The molecule has 2 nitrogen and oxygen atoms in total. The molecule has 0 bridgehead atoms. The SMILES string of the molecule is CC1CC(O)CC(C)(C)C1O. The van der Waals surface area contributed by atoms with Crippen molar-refractivity contribution in [1.82, 2.24) is 0 Å². The van der Waals surface area contributed by atoms with Crippen LogP contribution >= 0.6 is 0 Å². The number of rotatable bonds is 0. The molecule has 3 atom stereocenters. The maximum Gasteiger partial charge on any atom is 0.0618 e. The van der Waals surface area contributed by atoms with Crippen molar-refractivity contribution >= 4 is 0 Å². The van der Waals surface area contributed by atoms with Crippen LogP contribution in [0.4, 0.5) is 0 Å². The predicted octanol–water partition coefficient (Wildman–Crippen LogP) is 1.16. The Bertz CT molecular complexity index is 142. The van der Waals surface area contributed by atoms with E-state index in [2.05, 4.69) is 0 Å². The first kappa shape index (κ1) is 9.01. The van der Waals surface area contributed by atoms with E-state index in [-0.39, 0.29) is 23.5 Å². The molecule has 0 amide bonds. The molecule has 0 radical (unpaired) electrons. The van der Waals surface area contributed by atoms with Crippen molar-refractivity contribution in [2.75, 3.05) is 0 Å². The Balaban J connectivity index is 2.67. The lowest BCUT2D eigenvalue weighted by atomic mass is 9.69. The second-order valence-corrected chi connectivity index (χ2v) is 4.50. The van der Waals surface area contributed by atoms with Crippen molar-refractivity contribution in [3.63, 3.8) is 0 Å². The largest absolute Gasteiger partial charge is 0.393 e. The van der Waals surface area contributed by atoms with E-state index < -0.39 is 0 Å². The third-order valence-electron chi connectivity index (χ3n) is 2.75. The van der Waals surface area contributed by atoms with Crippen molar-refractivity contribution in [2.45, 2.75) is 45.8 Å². The van der Waals surface area contributed by atoms with Crippen LogP contribution in [0.2, 0.25) is 0 Å². The van der Waals surface area contributed by atoms with Crippen molar-refractivity contribution < 1.29 is 10.2 Å². The van der Waals surface area contributed by atoms with Crippen LogP contribution in [0.3, 0.4) is 0 Å². The van der Waals surface area contributed by atoms with Crippen LogP contribution in [0, 0.1) is 11.3 Å². The standard InChI is InChI=1S/C9H18O2/c1-6-4-7(10)5-9(2,3)8(6)11/h6-8,10-11H,4-5H2,1-3H3. The zero-order valence-corrected chi connectivity index (χ0v) is 7.54. The number of hydrogen-bond donors (Lipinski definition) is 2. The maximum atomic E-state index is 9.71. The van der Waals surface area contributed by atoms with Crippen molar-refractivity contribution in [3.8, 4) is 0 Å². The normalized spacial score (nSPS) is 43.9. The van der Waals surface area contributed by atoms with Crippen LogP contribution in [0.15, 0.2) is 0 Å². The Labute approximate surface area is 68.2 Å². The van der Waals surface area contributed by atoms with E-state index in [4.69, 9.17) is 0 Å². The van der Waals surface area contributed by atoms with Gasteiger partial charge in [0.15, 0.2) is 0 Å². The first-order valence-electron chi connectivity index (χ1n) is 4.29. The Morgan fingerprint density at radius 3 is 2.27 bits per heavy atom. The molecule has 0 aromatic rings. The minimum atomic E-state index is -0.258. The van der Waals surface area contributed by atoms with Crippen molar-refractivity contribution in [1.29, 1.82) is 0 Å². The maximum absolute atomic E-state index is 9.71. The first-order valence-corrected chi connectivity index (χ1v) is 4.29. The van der Waals surface area contributed by atoms with E-state index >= 15 is 0 Å². The van der Waals surface area contributed by atoms with E-state index in [1.165, 1.54) is 0 Å². The van der Waals surface area contributed by atoms with Gasteiger partial charge in [0.1, 0.15) is 0 Å². The summed E-state index contributed by atoms with van der Waals surface area (Å²) in [4.78, 5) is 0. The number of hydrogen-bond acceptors (Lipinski definition) is 2. The molecule has 0 spiro atoms. The highest BCUT2D eigenvalue weighted by atomic mass is 16.3. The first-order chi connectivity index (χ1) is 4.93. The summed E-state index contributed by atoms with van der Waals surface area (Å²) in [6.07, 6.45) is 0.984. The molecule has 1 rings (SSSR count). The Morgan fingerprint density at radius 2 is 1.82 bits per heavy atom. The van der Waals surface area contributed by atoms with Crippen LogP contribution in [0.1, 0.15) is 33.6 Å². The number of aliphatic hydroxyl groups excluding tert-OH is 2. The molecular weight excluding hydrogens is 140 g/mol. The summed E-state index contributed by atoms with van der Waals surface area (Å²) >= 11 is 0. The summed E-state index contributed by atoms with van der Waals surface area (Å²) in [6.45, 7) is 6.02. The molecule has 0 aromatic carbocycles. The van der Waals surface area contributed by atoms with Crippen molar-refractivity contribution in [3.05, 3.63) is 0 Å². The lowest BCUT2D eigenvalue weighted by Gasteiger charge is -2.41. The fourth-order valence-electron chi connectivity index (χ4n) is 2.14. The average Bonchev–Trinajstić information content (AvgIpc) is 1.81. The molecular formula is C9H18O2. The van der Waals surface area contributed by atoms with Gasteiger partial charge in [0, 0.05) is 0 Å². The third kappa shape index (κ3) is 1.74. The quantitative estimate of drug-likeness (QED) is 0.555. The average molecular weight is 158 g/mol. The molecule has 1 fully saturated rings. The van der Waals surface area contributed by atoms with E-state index in [0.29, 0.717) is 0 Å². The zero-order chi connectivity index (χ0) is 8.65. The highest BCUT2D eigenvalue weighted by Gasteiger charge is 2.39. The summed E-state index contributed by atoms with van der Waals surface area (Å²) in [5.41, 5.74) is -0.114. The van der Waals surface area contributed by atoms with Crippen LogP contribution in [0.5, 0.6) is 0 Å². The monoisotopic (exact) mass is 158 g/mol. The molecule has 0 saturated heterocycles.